The van der Waals surface area contributed by atoms with Gasteiger partial charge in [0.2, 0.25) is 5.91 Å². The lowest BCUT2D eigenvalue weighted by molar-refractivity contribution is -0.120. The summed E-state index contributed by atoms with van der Waals surface area (Å²) in [7, 11) is 0. The van der Waals surface area contributed by atoms with Crippen molar-refractivity contribution in [2.24, 2.45) is 5.84 Å². The normalized spacial score (nSPS) is 10.3. The molecule has 0 saturated heterocycles. The third-order valence-corrected chi connectivity index (χ3v) is 2.89. The molecule has 0 aliphatic rings. The summed E-state index contributed by atoms with van der Waals surface area (Å²) in [6, 6.07) is 7.65. The molecule has 1 heterocycles. The van der Waals surface area contributed by atoms with Crippen molar-refractivity contribution < 1.29 is 9.53 Å². The maximum Gasteiger partial charge on any atom is 0.238 e. The number of amides is 1. The molecule has 0 spiro atoms. The van der Waals surface area contributed by atoms with Crippen LogP contribution in [-0.4, -0.2) is 15.7 Å². The van der Waals surface area contributed by atoms with Crippen LogP contribution in [-0.2, 0) is 24.4 Å². The van der Waals surface area contributed by atoms with Crippen LogP contribution in [0.3, 0.4) is 0 Å². The number of nitrogens with two attached hydrogens (primary N) is 1. The summed E-state index contributed by atoms with van der Waals surface area (Å²) < 4.78 is 7.44. The minimum absolute atomic E-state index is 0.207. The standard InChI is InChI=1S/C14H18N4O2/c1-2-18-9-13(8-16-18)20-10-12-5-3-11(4-6-12)7-14(19)17-15/h3-6,8-9H,2,7,10,15H2,1H3,(H,17,19). The first-order chi connectivity index (χ1) is 9.71. The molecule has 0 aliphatic heterocycles. The largest absolute Gasteiger partial charge is 0.486 e. The van der Waals surface area contributed by atoms with E-state index in [4.69, 9.17) is 10.6 Å². The first-order valence-corrected chi connectivity index (χ1v) is 6.43. The van der Waals surface area contributed by atoms with Gasteiger partial charge in [-0.25, -0.2) is 5.84 Å². The number of nitrogens with one attached hydrogen (secondary N) is 1. The van der Waals surface area contributed by atoms with Gasteiger partial charge < -0.3 is 4.74 Å². The molecule has 6 nitrogen and oxygen atoms in total. The molecule has 2 aromatic rings. The van der Waals surface area contributed by atoms with Crippen molar-refractivity contribution in [1.82, 2.24) is 15.2 Å². The minimum Gasteiger partial charge on any atom is -0.486 e. The molecule has 0 atom stereocenters. The lowest BCUT2D eigenvalue weighted by Gasteiger charge is -2.05. The molecule has 2 rings (SSSR count). The Balaban J connectivity index is 1.88. The van der Waals surface area contributed by atoms with Gasteiger partial charge in [0.05, 0.1) is 18.8 Å². The molecule has 1 amide bonds. The highest BCUT2D eigenvalue weighted by Crippen LogP contribution is 2.12. The second-order valence-corrected chi connectivity index (χ2v) is 4.38. The van der Waals surface area contributed by atoms with E-state index in [1.54, 1.807) is 6.20 Å². The topological polar surface area (TPSA) is 82.2 Å². The van der Waals surface area contributed by atoms with Crippen molar-refractivity contribution in [2.75, 3.05) is 0 Å². The molecule has 0 saturated carbocycles. The lowest BCUT2D eigenvalue weighted by Crippen LogP contribution is -2.31. The molecule has 1 aromatic heterocycles. The van der Waals surface area contributed by atoms with Gasteiger partial charge in [-0.3, -0.25) is 14.9 Å². The molecule has 20 heavy (non-hydrogen) atoms. The van der Waals surface area contributed by atoms with Crippen LogP contribution in [0.1, 0.15) is 18.1 Å². The zero-order chi connectivity index (χ0) is 14.4. The highest BCUT2D eigenvalue weighted by atomic mass is 16.5. The first-order valence-electron chi connectivity index (χ1n) is 6.43. The summed E-state index contributed by atoms with van der Waals surface area (Å²) in [5, 5.41) is 4.14. The van der Waals surface area contributed by atoms with Gasteiger partial charge in [0.25, 0.3) is 0 Å². The van der Waals surface area contributed by atoms with Crippen LogP contribution in [0.15, 0.2) is 36.7 Å². The molecular formula is C14H18N4O2. The van der Waals surface area contributed by atoms with Crippen molar-refractivity contribution in [2.45, 2.75) is 26.5 Å². The number of aromatic nitrogens is 2. The maximum atomic E-state index is 11.1. The summed E-state index contributed by atoms with van der Waals surface area (Å²) in [5.41, 5.74) is 4.06. The number of hydrazine groups is 1. The van der Waals surface area contributed by atoms with E-state index in [0.717, 1.165) is 23.4 Å². The fourth-order valence-electron chi connectivity index (χ4n) is 1.75. The highest BCUT2D eigenvalue weighted by Gasteiger charge is 2.02. The van der Waals surface area contributed by atoms with E-state index in [1.165, 1.54) is 0 Å². The second kappa shape index (κ2) is 6.72. The number of carbonyl (C=O) groups is 1. The molecular weight excluding hydrogens is 256 g/mol. The van der Waals surface area contributed by atoms with Crippen LogP contribution in [0.2, 0.25) is 0 Å². The molecule has 0 radical (unpaired) electrons. The van der Waals surface area contributed by atoms with Crippen LogP contribution in [0.4, 0.5) is 0 Å². The van der Waals surface area contributed by atoms with Crippen molar-refractivity contribution in [3.8, 4) is 5.75 Å². The van der Waals surface area contributed by atoms with E-state index in [9.17, 15) is 4.79 Å². The van der Waals surface area contributed by atoms with Crippen molar-refractivity contribution in [3.05, 3.63) is 47.8 Å². The highest BCUT2D eigenvalue weighted by molar-refractivity contribution is 5.77. The fraction of sp³-hybridized carbons (Fsp3) is 0.286. The number of aryl methyl sites for hydroxylation is 1. The third-order valence-electron chi connectivity index (χ3n) is 2.89. The van der Waals surface area contributed by atoms with E-state index in [1.807, 2.05) is 42.1 Å². The molecule has 3 N–H and O–H groups in total. The average molecular weight is 274 g/mol. The molecule has 106 valence electrons. The minimum atomic E-state index is -0.207. The van der Waals surface area contributed by atoms with Crippen LogP contribution >= 0.6 is 0 Å². The summed E-state index contributed by atoms with van der Waals surface area (Å²) in [4.78, 5) is 11.1. The van der Waals surface area contributed by atoms with E-state index in [-0.39, 0.29) is 12.3 Å². The molecule has 0 aliphatic carbocycles. The predicted molar refractivity (Wildman–Crippen MR) is 74.7 cm³/mol. The summed E-state index contributed by atoms with van der Waals surface area (Å²) in [5.74, 6) is 5.59. The third kappa shape index (κ3) is 3.83. The van der Waals surface area contributed by atoms with Crippen LogP contribution in [0.5, 0.6) is 5.75 Å². The van der Waals surface area contributed by atoms with E-state index < -0.39 is 0 Å². The SMILES string of the molecule is CCn1cc(OCc2ccc(CC(=O)NN)cc2)cn1. The number of ether oxygens (including phenoxy) is 1. The van der Waals surface area contributed by atoms with E-state index in [0.29, 0.717) is 6.61 Å². The molecule has 6 heteroatoms. The van der Waals surface area contributed by atoms with Gasteiger partial charge in [0, 0.05) is 6.54 Å². The van der Waals surface area contributed by atoms with Gasteiger partial charge in [-0.1, -0.05) is 24.3 Å². The van der Waals surface area contributed by atoms with Gasteiger partial charge in [-0.05, 0) is 18.1 Å². The Morgan fingerprint density at radius 2 is 2.05 bits per heavy atom. The zero-order valence-electron chi connectivity index (χ0n) is 11.4. The number of nitrogens with zero attached hydrogens (tertiary/aromatic N) is 2. The lowest BCUT2D eigenvalue weighted by atomic mass is 10.1. The number of benzene rings is 1. The summed E-state index contributed by atoms with van der Waals surface area (Å²) >= 11 is 0. The monoisotopic (exact) mass is 274 g/mol. The second-order valence-electron chi connectivity index (χ2n) is 4.38. The number of hydrogen-bond acceptors (Lipinski definition) is 4. The Kier molecular flexibility index (Phi) is 4.73. The summed E-state index contributed by atoms with van der Waals surface area (Å²) in [6.45, 7) is 3.31. The average Bonchev–Trinajstić information content (AvgIpc) is 2.94. The first kappa shape index (κ1) is 14.1. The smallest absolute Gasteiger partial charge is 0.238 e. The van der Waals surface area contributed by atoms with Gasteiger partial charge >= 0.3 is 0 Å². The Morgan fingerprint density at radius 3 is 2.65 bits per heavy atom. The molecule has 1 aromatic carbocycles. The van der Waals surface area contributed by atoms with Crippen molar-refractivity contribution >= 4 is 5.91 Å². The van der Waals surface area contributed by atoms with Crippen LogP contribution < -0.4 is 16.0 Å². The molecule has 0 bridgehead atoms. The number of rotatable bonds is 6. The van der Waals surface area contributed by atoms with Gasteiger partial charge in [0.1, 0.15) is 6.61 Å². The predicted octanol–water partition coefficient (Wildman–Crippen LogP) is 1.01. The zero-order valence-corrected chi connectivity index (χ0v) is 11.4. The Labute approximate surface area is 117 Å². The molecule has 0 fully saturated rings. The van der Waals surface area contributed by atoms with Gasteiger partial charge in [0.15, 0.2) is 5.75 Å². The van der Waals surface area contributed by atoms with Gasteiger partial charge in [-0.15, -0.1) is 0 Å². The Hall–Kier alpha value is -2.34. The fourth-order valence-corrected chi connectivity index (χ4v) is 1.75. The Bertz CT molecular complexity index is 563. The quantitative estimate of drug-likeness (QED) is 0.468. The Morgan fingerprint density at radius 1 is 1.35 bits per heavy atom. The van der Waals surface area contributed by atoms with E-state index in [2.05, 4.69) is 10.5 Å². The van der Waals surface area contributed by atoms with Crippen molar-refractivity contribution in [3.63, 3.8) is 0 Å². The van der Waals surface area contributed by atoms with Gasteiger partial charge in [-0.2, -0.15) is 5.10 Å². The van der Waals surface area contributed by atoms with Crippen LogP contribution in [0.25, 0.3) is 0 Å². The summed E-state index contributed by atoms with van der Waals surface area (Å²) in [6.07, 6.45) is 3.84. The molecule has 0 unspecified atom stereocenters. The number of carbonyl (C=O) groups excluding carboxylic acids is 1. The van der Waals surface area contributed by atoms with E-state index >= 15 is 0 Å². The maximum absolute atomic E-state index is 11.1. The number of hydrogen-bond donors (Lipinski definition) is 2. The van der Waals surface area contributed by atoms with Crippen molar-refractivity contribution in [1.29, 1.82) is 0 Å². The van der Waals surface area contributed by atoms with Crippen LogP contribution in [0, 0.1) is 0 Å².